The van der Waals surface area contributed by atoms with Gasteiger partial charge in [-0.25, -0.2) is 0 Å². The number of aliphatic hydroxyl groups excluding tert-OH is 2. The van der Waals surface area contributed by atoms with Gasteiger partial charge < -0.3 is 31.5 Å². The fraction of sp³-hybridized carbons (Fsp3) is 0.350. The van der Waals surface area contributed by atoms with E-state index in [0.29, 0.717) is 25.9 Å². The van der Waals surface area contributed by atoms with E-state index < -0.39 is 29.4 Å². The van der Waals surface area contributed by atoms with Crippen molar-refractivity contribution in [3.63, 3.8) is 0 Å². The van der Waals surface area contributed by atoms with Gasteiger partial charge in [-0.15, -0.1) is 0 Å². The van der Waals surface area contributed by atoms with Crippen molar-refractivity contribution >= 4 is 11.9 Å². The molecule has 0 amide bonds. The third-order valence-corrected chi connectivity index (χ3v) is 8.53. The summed E-state index contributed by atoms with van der Waals surface area (Å²) in [6, 6.07) is 36.1. The first-order chi connectivity index (χ1) is 22.9. The summed E-state index contributed by atoms with van der Waals surface area (Å²) in [6.45, 7) is 4.58. The van der Waals surface area contributed by atoms with Crippen LogP contribution in [0.15, 0.2) is 109 Å². The largest absolute Gasteiger partial charge is 0.481 e. The number of carboxylic acid groups (broad SMARTS) is 1. The van der Waals surface area contributed by atoms with Crippen molar-refractivity contribution < 1.29 is 29.6 Å². The van der Waals surface area contributed by atoms with Gasteiger partial charge in [0.15, 0.2) is 0 Å². The van der Waals surface area contributed by atoms with Gasteiger partial charge in [0.2, 0.25) is 0 Å². The van der Waals surface area contributed by atoms with Crippen LogP contribution in [-0.2, 0) is 27.2 Å². The Labute approximate surface area is 284 Å². The highest BCUT2D eigenvalue weighted by Gasteiger charge is 2.36. The lowest BCUT2D eigenvalue weighted by molar-refractivity contribution is -0.157. The molecule has 4 rings (SSSR count). The second kappa shape index (κ2) is 18.3. The first kappa shape index (κ1) is 38.1. The van der Waals surface area contributed by atoms with E-state index in [1.54, 1.807) is 13.8 Å². The molecule has 0 aliphatic rings. The average molecular weight is 655 g/mol. The molecule has 0 saturated carbocycles. The van der Waals surface area contributed by atoms with E-state index in [4.69, 9.17) is 16.2 Å². The predicted octanol–water partition coefficient (Wildman–Crippen LogP) is 5.87. The van der Waals surface area contributed by atoms with Gasteiger partial charge in [0, 0.05) is 12.1 Å². The summed E-state index contributed by atoms with van der Waals surface area (Å²) in [5.41, 5.74) is 16.9. The molecule has 8 nitrogen and oxygen atoms in total. The minimum absolute atomic E-state index is 0.232. The molecule has 0 aromatic heterocycles. The summed E-state index contributed by atoms with van der Waals surface area (Å²) in [5, 5.41) is 28.1. The Balaban J connectivity index is 0.000000261. The Bertz CT molecular complexity index is 1550. The Morgan fingerprint density at radius 3 is 1.31 bits per heavy atom. The number of carbonyl (C=O) groups excluding carboxylic acids is 1. The maximum Gasteiger partial charge on any atom is 0.314 e. The molecule has 4 aromatic carbocycles. The monoisotopic (exact) mass is 654 g/mol. The average Bonchev–Trinajstić information content (AvgIpc) is 3.09. The van der Waals surface area contributed by atoms with Crippen LogP contribution >= 0.6 is 0 Å². The Morgan fingerprint density at radius 1 is 0.625 bits per heavy atom. The lowest BCUT2D eigenvalue weighted by Crippen LogP contribution is -2.40. The third-order valence-electron chi connectivity index (χ3n) is 8.53. The fourth-order valence-corrected chi connectivity index (χ4v) is 5.57. The van der Waals surface area contributed by atoms with E-state index >= 15 is 0 Å². The van der Waals surface area contributed by atoms with E-state index in [2.05, 4.69) is 48.5 Å². The van der Waals surface area contributed by atoms with Gasteiger partial charge in [0.1, 0.15) is 0 Å². The van der Waals surface area contributed by atoms with Crippen LogP contribution in [0.5, 0.6) is 0 Å². The Hall–Kier alpha value is -4.34. The predicted molar refractivity (Wildman–Crippen MR) is 191 cm³/mol. The number of carbonyl (C=O) groups is 2. The minimum atomic E-state index is -1.19. The van der Waals surface area contributed by atoms with Gasteiger partial charge in [0.05, 0.1) is 30.7 Å². The normalized spacial score (nSPS) is 14.7. The molecule has 0 saturated heterocycles. The first-order valence-corrected chi connectivity index (χ1v) is 16.3. The molecule has 256 valence electrons. The summed E-state index contributed by atoms with van der Waals surface area (Å²) in [5.74, 6) is -1.41. The summed E-state index contributed by atoms with van der Waals surface area (Å²) in [4.78, 5) is 23.3. The number of benzene rings is 4. The van der Waals surface area contributed by atoms with Crippen LogP contribution in [0.1, 0.15) is 44.7 Å². The van der Waals surface area contributed by atoms with Crippen LogP contribution in [-0.4, -0.2) is 59.2 Å². The quantitative estimate of drug-likeness (QED) is 0.0997. The van der Waals surface area contributed by atoms with Crippen molar-refractivity contribution in [3.8, 4) is 22.3 Å². The van der Waals surface area contributed by atoms with E-state index in [1.165, 1.54) is 12.5 Å². The van der Waals surface area contributed by atoms with Crippen molar-refractivity contribution in [2.75, 3.05) is 19.8 Å². The van der Waals surface area contributed by atoms with Gasteiger partial charge in [0.25, 0.3) is 0 Å². The number of hydrogen-bond donors (Lipinski definition) is 5. The van der Waals surface area contributed by atoms with Crippen LogP contribution < -0.4 is 11.5 Å². The molecule has 0 unspecified atom stereocenters. The topological polar surface area (TPSA) is 156 Å². The second-order valence-corrected chi connectivity index (χ2v) is 12.9. The van der Waals surface area contributed by atoms with Crippen LogP contribution in [0.2, 0.25) is 0 Å². The molecule has 4 atom stereocenters. The van der Waals surface area contributed by atoms with Crippen molar-refractivity contribution in [1.82, 2.24) is 0 Å². The number of hydrogen-bond acceptors (Lipinski definition) is 7. The lowest BCUT2D eigenvalue weighted by atomic mass is 9.83. The molecular weight excluding hydrogens is 604 g/mol. The highest BCUT2D eigenvalue weighted by molar-refractivity contribution is 5.76. The van der Waals surface area contributed by atoms with Crippen molar-refractivity contribution in [3.05, 3.63) is 120 Å². The summed E-state index contributed by atoms with van der Waals surface area (Å²) < 4.78 is 5.06. The van der Waals surface area contributed by atoms with Crippen LogP contribution in [0, 0.1) is 10.8 Å². The van der Waals surface area contributed by atoms with E-state index in [9.17, 15) is 24.9 Å². The zero-order valence-electron chi connectivity index (χ0n) is 28.2. The molecule has 0 bridgehead atoms. The molecule has 8 heteroatoms. The second-order valence-electron chi connectivity index (χ2n) is 12.9. The number of ether oxygens (including phenoxy) is 1. The standard InChI is InChI=1S/C21H27NO3.C19H23NO3/c1-3-25-20(24)21(2,15-23)14-19(22)13-16-9-11-18(12-10-16)17-7-5-4-6-8-17;1-19(13-21,18(22)23)12-17(20)11-14-7-9-16(10-8-14)15-5-3-2-4-6-15/h4-12,19,23H,3,13-15,22H2,1-2H3;2-10,17,21H,11-13,20H2,1H3,(H,22,23)/t19-,21+;17-,19+/m11/s1. The van der Waals surface area contributed by atoms with Gasteiger partial charge >= 0.3 is 11.9 Å². The van der Waals surface area contributed by atoms with Gasteiger partial charge in [-0.05, 0) is 79.8 Å². The van der Waals surface area contributed by atoms with Gasteiger partial charge in [-0.2, -0.15) is 0 Å². The Morgan fingerprint density at radius 2 is 0.979 bits per heavy atom. The van der Waals surface area contributed by atoms with E-state index in [-0.39, 0.29) is 25.1 Å². The van der Waals surface area contributed by atoms with Crippen LogP contribution in [0.25, 0.3) is 22.3 Å². The SMILES string of the molecule is CCOC(=O)[C@](C)(CO)C[C@H](N)Cc1ccc(-c2ccccc2)cc1.C[C@@](CO)(C[C@H](N)Cc1ccc(-c2ccccc2)cc1)C(=O)O. The molecule has 0 aliphatic carbocycles. The number of carboxylic acids is 1. The van der Waals surface area contributed by atoms with Crippen LogP contribution in [0.3, 0.4) is 0 Å². The lowest BCUT2D eigenvalue weighted by Gasteiger charge is -2.27. The number of aliphatic carboxylic acids is 1. The summed E-state index contributed by atoms with van der Waals surface area (Å²) >= 11 is 0. The fourth-order valence-electron chi connectivity index (χ4n) is 5.57. The van der Waals surface area contributed by atoms with E-state index in [0.717, 1.165) is 27.8 Å². The number of esters is 1. The third kappa shape index (κ3) is 11.1. The smallest absolute Gasteiger partial charge is 0.314 e. The molecule has 0 aliphatic heterocycles. The summed E-state index contributed by atoms with van der Waals surface area (Å²) in [6.07, 6.45) is 1.84. The van der Waals surface area contributed by atoms with Crippen molar-refractivity contribution in [1.29, 1.82) is 0 Å². The zero-order valence-corrected chi connectivity index (χ0v) is 28.2. The first-order valence-electron chi connectivity index (χ1n) is 16.3. The minimum Gasteiger partial charge on any atom is -0.481 e. The molecule has 0 heterocycles. The van der Waals surface area contributed by atoms with Crippen molar-refractivity contribution in [2.45, 2.75) is 58.5 Å². The van der Waals surface area contributed by atoms with Gasteiger partial charge in [-0.1, -0.05) is 109 Å². The molecular formula is C40H50N2O6. The molecule has 48 heavy (non-hydrogen) atoms. The van der Waals surface area contributed by atoms with Crippen LogP contribution in [0.4, 0.5) is 0 Å². The number of aliphatic hydroxyl groups is 2. The maximum absolute atomic E-state index is 12.0. The highest BCUT2D eigenvalue weighted by atomic mass is 16.5. The maximum atomic E-state index is 12.0. The Kier molecular flexibility index (Phi) is 14.5. The van der Waals surface area contributed by atoms with E-state index in [1.807, 2.05) is 60.7 Å². The molecule has 0 radical (unpaired) electrons. The highest BCUT2D eigenvalue weighted by Crippen LogP contribution is 2.27. The molecule has 7 N–H and O–H groups in total. The van der Waals surface area contributed by atoms with Gasteiger partial charge in [-0.3, -0.25) is 9.59 Å². The number of nitrogens with two attached hydrogens (primary N) is 2. The molecule has 4 aromatic rings. The molecule has 0 fully saturated rings. The van der Waals surface area contributed by atoms with Crippen molar-refractivity contribution in [2.24, 2.45) is 22.3 Å². The zero-order chi connectivity index (χ0) is 35.2. The number of rotatable bonds is 15. The molecule has 0 spiro atoms. The summed E-state index contributed by atoms with van der Waals surface area (Å²) in [7, 11) is 0.